The van der Waals surface area contributed by atoms with E-state index in [0.717, 1.165) is 5.56 Å². The normalized spacial score (nSPS) is 10.9. The molecule has 1 aromatic heterocycles. The van der Waals surface area contributed by atoms with Crippen molar-refractivity contribution in [1.82, 2.24) is 9.97 Å². The van der Waals surface area contributed by atoms with Crippen molar-refractivity contribution in [1.29, 1.82) is 0 Å². The Bertz CT molecular complexity index is 1160. The Kier molecular flexibility index (Phi) is 6.06. The fourth-order valence-corrected chi connectivity index (χ4v) is 2.54. The van der Waals surface area contributed by atoms with Gasteiger partial charge in [0.05, 0.1) is 12.0 Å². The number of halogens is 1. The highest BCUT2D eigenvalue weighted by Gasteiger charge is 2.21. The van der Waals surface area contributed by atoms with Crippen molar-refractivity contribution in [3.63, 3.8) is 0 Å². The molecule has 0 atom stereocenters. The average molecular weight is 413 g/mol. The topological polar surface area (TPSA) is 128 Å². The molecule has 0 saturated heterocycles. The Hall–Kier alpha value is -4.21. The van der Waals surface area contributed by atoms with E-state index in [1.807, 2.05) is 0 Å². The third kappa shape index (κ3) is 4.79. The highest BCUT2D eigenvalue weighted by atomic mass is 19.1. The van der Waals surface area contributed by atoms with Gasteiger partial charge in [-0.25, -0.2) is 4.39 Å². The van der Waals surface area contributed by atoms with Crippen LogP contribution < -0.4 is 15.0 Å². The van der Waals surface area contributed by atoms with E-state index in [9.17, 15) is 24.4 Å². The maximum absolute atomic E-state index is 13.0. The largest absolute Gasteiger partial charge is 0.493 e. The maximum Gasteiger partial charge on any atom is 0.395 e. The van der Waals surface area contributed by atoms with Gasteiger partial charge in [0.25, 0.3) is 5.88 Å². The second-order valence-corrected chi connectivity index (χ2v) is 6.04. The van der Waals surface area contributed by atoms with Gasteiger partial charge in [0.2, 0.25) is 0 Å². The Balaban J connectivity index is 1.76. The van der Waals surface area contributed by atoms with Gasteiger partial charge in [0, 0.05) is 0 Å². The van der Waals surface area contributed by atoms with Crippen LogP contribution >= 0.6 is 0 Å². The summed E-state index contributed by atoms with van der Waals surface area (Å²) in [6, 6.07) is 11.0. The maximum atomic E-state index is 13.0. The molecule has 0 unspecified atom stereocenters. The molecule has 154 valence electrons. The van der Waals surface area contributed by atoms with Gasteiger partial charge in [-0.1, -0.05) is 24.3 Å². The summed E-state index contributed by atoms with van der Waals surface area (Å²) < 4.78 is 24.0. The number of ether oxygens (including phenoxy) is 2. The minimum absolute atomic E-state index is 0.0568. The number of aromatic amines is 1. The van der Waals surface area contributed by atoms with Crippen molar-refractivity contribution < 1.29 is 23.9 Å². The smallest absolute Gasteiger partial charge is 0.395 e. The Morgan fingerprint density at radius 2 is 1.93 bits per heavy atom. The summed E-state index contributed by atoms with van der Waals surface area (Å²) in [5, 5.41) is 20.3. The highest BCUT2D eigenvalue weighted by Crippen LogP contribution is 2.29. The lowest BCUT2D eigenvalue weighted by atomic mass is 10.2. The van der Waals surface area contributed by atoms with Crippen molar-refractivity contribution in [2.24, 2.45) is 0 Å². The first kappa shape index (κ1) is 20.5. The Morgan fingerprint density at radius 1 is 1.20 bits per heavy atom. The lowest BCUT2D eigenvalue weighted by Crippen LogP contribution is -2.14. The predicted octanol–water partition coefficient (Wildman–Crippen LogP) is 3.28. The summed E-state index contributed by atoms with van der Waals surface area (Å²) in [7, 11) is 1.47. The molecule has 0 fully saturated rings. The first-order valence-electron chi connectivity index (χ1n) is 8.58. The first-order valence-corrected chi connectivity index (χ1v) is 8.58. The summed E-state index contributed by atoms with van der Waals surface area (Å²) >= 11 is 0. The number of aromatic hydroxyl groups is 1. The number of nitrogens with zero attached hydrogens (tertiary/aromatic N) is 2. The van der Waals surface area contributed by atoms with Gasteiger partial charge in [0.15, 0.2) is 11.5 Å². The third-order valence-corrected chi connectivity index (χ3v) is 4.01. The van der Waals surface area contributed by atoms with Crippen LogP contribution in [-0.2, 0) is 6.61 Å². The second kappa shape index (κ2) is 8.86. The van der Waals surface area contributed by atoms with Gasteiger partial charge < -0.3 is 19.6 Å². The van der Waals surface area contributed by atoms with E-state index in [2.05, 4.69) is 9.97 Å². The summed E-state index contributed by atoms with van der Waals surface area (Å²) in [6.45, 7) is 0.221. The zero-order valence-electron chi connectivity index (χ0n) is 15.7. The number of nitrogens with one attached hydrogen (secondary N) is 1. The second-order valence-electron chi connectivity index (χ2n) is 6.04. The molecule has 0 aliphatic rings. The summed E-state index contributed by atoms with van der Waals surface area (Å²) in [4.78, 5) is 27.2. The summed E-state index contributed by atoms with van der Waals surface area (Å²) in [5.41, 5.74) is -0.636. The first-order chi connectivity index (χ1) is 14.4. The molecular formula is C20H16FN3O6. The van der Waals surface area contributed by atoms with E-state index in [1.165, 1.54) is 25.3 Å². The molecule has 1 heterocycles. The average Bonchev–Trinajstić information content (AvgIpc) is 2.71. The van der Waals surface area contributed by atoms with Gasteiger partial charge in [0.1, 0.15) is 18.2 Å². The van der Waals surface area contributed by atoms with Crippen LogP contribution in [0.15, 0.2) is 47.3 Å². The number of benzene rings is 2. The monoisotopic (exact) mass is 413 g/mol. The molecule has 3 aromatic rings. The highest BCUT2D eigenvalue weighted by molar-refractivity contribution is 5.68. The summed E-state index contributed by atoms with van der Waals surface area (Å²) in [5.74, 6) is -0.445. The SMILES string of the molecule is COc1cc(C=Cc2nc(O)c([N+](=O)[O-])c(=O)[nH]2)ccc1OCc1ccc(F)cc1. The van der Waals surface area contributed by atoms with Gasteiger partial charge >= 0.3 is 11.2 Å². The predicted molar refractivity (Wildman–Crippen MR) is 106 cm³/mol. The number of hydrogen-bond acceptors (Lipinski definition) is 7. The lowest BCUT2D eigenvalue weighted by Gasteiger charge is -2.11. The van der Waals surface area contributed by atoms with E-state index in [-0.39, 0.29) is 18.2 Å². The molecule has 10 heteroatoms. The standard InChI is InChI=1S/C20H16FN3O6/c1-29-16-10-12(4-8-15(16)30-11-13-2-6-14(21)7-3-13)5-9-17-22-19(25)18(24(27)28)20(26)23-17/h2-10H,11H2,1H3,(H2,22,23,25,26). The molecule has 0 spiro atoms. The van der Waals surface area contributed by atoms with E-state index >= 15 is 0 Å². The van der Waals surface area contributed by atoms with Crippen LogP contribution in [0.2, 0.25) is 0 Å². The number of hydrogen-bond donors (Lipinski definition) is 2. The molecule has 0 bridgehead atoms. The molecule has 0 aliphatic heterocycles. The molecule has 0 radical (unpaired) electrons. The lowest BCUT2D eigenvalue weighted by molar-refractivity contribution is -0.387. The fraction of sp³-hybridized carbons (Fsp3) is 0.100. The van der Waals surface area contributed by atoms with Crippen LogP contribution in [0.3, 0.4) is 0 Å². The number of methoxy groups -OCH3 is 1. The zero-order valence-corrected chi connectivity index (χ0v) is 15.7. The molecule has 0 saturated carbocycles. The van der Waals surface area contributed by atoms with Crippen molar-refractivity contribution in [3.05, 3.63) is 85.7 Å². The van der Waals surface area contributed by atoms with Crippen LogP contribution in [0.4, 0.5) is 10.1 Å². The van der Waals surface area contributed by atoms with Crippen LogP contribution in [0, 0.1) is 15.9 Å². The number of H-pyrrole nitrogens is 1. The molecule has 30 heavy (non-hydrogen) atoms. The minimum Gasteiger partial charge on any atom is -0.493 e. The molecular weight excluding hydrogens is 397 g/mol. The fourth-order valence-electron chi connectivity index (χ4n) is 2.54. The van der Waals surface area contributed by atoms with Crippen LogP contribution in [0.1, 0.15) is 17.0 Å². The minimum atomic E-state index is -1.06. The quantitative estimate of drug-likeness (QED) is 0.449. The number of nitro groups is 1. The van der Waals surface area contributed by atoms with Crippen LogP contribution in [0.25, 0.3) is 12.2 Å². The molecule has 3 rings (SSSR count). The Labute approximate surface area is 169 Å². The van der Waals surface area contributed by atoms with Gasteiger partial charge in [-0.3, -0.25) is 14.9 Å². The molecule has 0 amide bonds. The van der Waals surface area contributed by atoms with Crippen LogP contribution in [-0.4, -0.2) is 27.1 Å². The van der Waals surface area contributed by atoms with E-state index in [4.69, 9.17) is 9.47 Å². The van der Waals surface area contributed by atoms with Crippen LogP contribution in [0.5, 0.6) is 17.4 Å². The molecule has 0 aliphatic carbocycles. The van der Waals surface area contributed by atoms with Crippen molar-refractivity contribution in [3.8, 4) is 17.4 Å². The third-order valence-electron chi connectivity index (χ3n) is 4.01. The van der Waals surface area contributed by atoms with Crippen molar-refractivity contribution >= 4 is 17.8 Å². The van der Waals surface area contributed by atoms with E-state index < -0.39 is 22.0 Å². The van der Waals surface area contributed by atoms with Crippen molar-refractivity contribution in [2.45, 2.75) is 6.61 Å². The Morgan fingerprint density at radius 3 is 2.57 bits per heavy atom. The van der Waals surface area contributed by atoms with Gasteiger partial charge in [-0.2, -0.15) is 4.98 Å². The van der Waals surface area contributed by atoms with Gasteiger partial charge in [-0.05, 0) is 41.5 Å². The number of aromatic nitrogens is 2. The van der Waals surface area contributed by atoms with E-state index in [0.29, 0.717) is 17.1 Å². The van der Waals surface area contributed by atoms with Gasteiger partial charge in [-0.15, -0.1) is 0 Å². The molecule has 2 N–H and O–H groups in total. The number of rotatable bonds is 7. The molecule has 2 aromatic carbocycles. The zero-order chi connectivity index (χ0) is 21.7. The van der Waals surface area contributed by atoms with E-state index in [1.54, 1.807) is 36.4 Å². The van der Waals surface area contributed by atoms with Crippen molar-refractivity contribution in [2.75, 3.05) is 7.11 Å². The molecule has 9 nitrogen and oxygen atoms in total. The summed E-state index contributed by atoms with van der Waals surface area (Å²) in [6.07, 6.45) is 2.94.